The summed E-state index contributed by atoms with van der Waals surface area (Å²) in [6.45, 7) is 0.814. The van der Waals surface area contributed by atoms with Crippen molar-refractivity contribution in [1.29, 1.82) is 0 Å². The van der Waals surface area contributed by atoms with Crippen LogP contribution in [-0.2, 0) is 22.7 Å². The third-order valence-corrected chi connectivity index (χ3v) is 9.29. The van der Waals surface area contributed by atoms with Crippen LogP contribution in [0.3, 0.4) is 0 Å². The fourth-order valence-electron chi connectivity index (χ4n) is 5.48. The van der Waals surface area contributed by atoms with Gasteiger partial charge in [0.15, 0.2) is 0 Å². The van der Waals surface area contributed by atoms with Gasteiger partial charge in [0, 0.05) is 35.0 Å². The predicted molar refractivity (Wildman–Crippen MR) is 190 cm³/mol. The summed E-state index contributed by atoms with van der Waals surface area (Å²) in [6, 6.07) is 26.8. The number of nitrogens with zero attached hydrogens (tertiary/aromatic N) is 2. The lowest BCUT2D eigenvalue weighted by Gasteiger charge is -2.16. The smallest absolute Gasteiger partial charge is 0.320 e. The van der Waals surface area contributed by atoms with Gasteiger partial charge in [0.1, 0.15) is 12.1 Å². The average Bonchev–Trinajstić information content (AvgIpc) is 3.07. The predicted octanol–water partition coefficient (Wildman–Crippen LogP) is 6.71. The molecule has 46 heavy (non-hydrogen) atoms. The van der Waals surface area contributed by atoms with Crippen LogP contribution in [0.1, 0.15) is 24.0 Å². The Hall–Kier alpha value is -3.96. The first-order chi connectivity index (χ1) is 22.4. The number of hydrogen-bond acceptors (Lipinski definition) is 8. The standard InChI is InChI=1S/C36H38N4O4S2/c1-45-19-17-31(35(41)42)37-21-25-7-3-5-9-27(25)29-15-13-23-11-12-24-14-16-30(40-34(24)33(23)39-29)28-10-6-4-8-26(28)22-38-32(36(43)44)18-20-46-2/h3-16,31-32,37-38H,17-22H2,1-2H3,(H,41,42)(H,43,44)/t31-,32-/m0/s1. The first-order valence-electron chi connectivity index (χ1n) is 15.2. The Labute approximate surface area is 277 Å². The van der Waals surface area contributed by atoms with Gasteiger partial charge in [-0.05, 0) is 60.1 Å². The van der Waals surface area contributed by atoms with E-state index in [-0.39, 0.29) is 0 Å². The number of pyridine rings is 2. The number of aromatic nitrogens is 2. The summed E-state index contributed by atoms with van der Waals surface area (Å²) in [5.41, 5.74) is 6.94. The van der Waals surface area contributed by atoms with Gasteiger partial charge in [0.25, 0.3) is 0 Å². The lowest BCUT2D eigenvalue weighted by atomic mass is 10.0. The summed E-state index contributed by atoms with van der Waals surface area (Å²) >= 11 is 3.27. The Bertz CT molecular complexity index is 1700. The third kappa shape index (κ3) is 8.06. The molecule has 0 bridgehead atoms. The third-order valence-electron chi connectivity index (χ3n) is 8.00. The Morgan fingerprint density at radius 2 is 1.02 bits per heavy atom. The van der Waals surface area contributed by atoms with Crippen molar-refractivity contribution in [2.24, 2.45) is 0 Å². The van der Waals surface area contributed by atoms with Gasteiger partial charge in [-0.15, -0.1) is 0 Å². The number of benzene rings is 3. The summed E-state index contributed by atoms with van der Waals surface area (Å²) in [6.07, 6.45) is 5.04. The lowest BCUT2D eigenvalue weighted by molar-refractivity contribution is -0.140. The normalized spacial score (nSPS) is 12.7. The molecule has 0 saturated carbocycles. The van der Waals surface area contributed by atoms with Crippen LogP contribution in [0.4, 0.5) is 0 Å². The molecular formula is C36H38N4O4S2. The van der Waals surface area contributed by atoms with E-state index in [4.69, 9.17) is 9.97 Å². The molecule has 0 aliphatic heterocycles. The maximum absolute atomic E-state index is 11.8. The van der Waals surface area contributed by atoms with Crippen molar-refractivity contribution >= 4 is 57.3 Å². The number of carboxylic acids is 2. The summed E-state index contributed by atoms with van der Waals surface area (Å²) in [4.78, 5) is 33.9. The minimum atomic E-state index is -0.849. The molecule has 8 nitrogen and oxygen atoms in total. The molecule has 2 aromatic heterocycles. The van der Waals surface area contributed by atoms with Gasteiger partial charge in [-0.2, -0.15) is 23.5 Å². The van der Waals surface area contributed by atoms with Gasteiger partial charge in [-0.3, -0.25) is 9.59 Å². The Morgan fingerprint density at radius 3 is 1.41 bits per heavy atom. The van der Waals surface area contributed by atoms with Crippen molar-refractivity contribution in [3.63, 3.8) is 0 Å². The number of aliphatic carboxylic acids is 2. The maximum atomic E-state index is 11.8. The molecule has 0 radical (unpaired) electrons. The molecular weight excluding hydrogens is 617 g/mol. The highest BCUT2D eigenvalue weighted by Crippen LogP contribution is 2.31. The quantitative estimate of drug-likeness (QED) is 0.0854. The van der Waals surface area contributed by atoms with Gasteiger partial charge in [-0.1, -0.05) is 72.8 Å². The number of nitrogens with one attached hydrogen (secondary N) is 2. The van der Waals surface area contributed by atoms with Gasteiger partial charge < -0.3 is 20.8 Å². The molecule has 3 aromatic carbocycles. The van der Waals surface area contributed by atoms with Crippen LogP contribution in [0.25, 0.3) is 44.3 Å². The van der Waals surface area contributed by atoms with E-state index >= 15 is 0 Å². The van der Waals surface area contributed by atoms with Crippen molar-refractivity contribution in [3.05, 3.63) is 96.1 Å². The zero-order chi connectivity index (χ0) is 32.5. The summed E-state index contributed by atoms with van der Waals surface area (Å²) in [5, 5.41) is 27.8. The number of carboxylic acid groups (broad SMARTS) is 2. The summed E-state index contributed by atoms with van der Waals surface area (Å²) in [7, 11) is 0. The Kier molecular flexibility index (Phi) is 11.7. The number of thioether (sulfide) groups is 2. The number of carbonyl (C=O) groups is 2. The maximum Gasteiger partial charge on any atom is 0.320 e. The van der Waals surface area contributed by atoms with E-state index in [1.165, 1.54) is 0 Å². The van der Waals surface area contributed by atoms with Gasteiger partial charge in [-0.25, -0.2) is 9.97 Å². The molecule has 0 spiro atoms. The van der Waals surface area contributed by atoms with Gasteiger partial charge >= 0.3 is 11.9 Å². The molecule has 0 aliphatic rings. The second-order valence-electron chi connectivity index (χ2n) is 11.0. The van der Waals surface area contributed by atoms with Crippen LogP contribution in [0.2, 0.25) is 0 Å². The molecule has 0 saturated heterocycles. The molecule has 2 atom stereocenters. The Morgan fingerprint density at radius 1 is 0.630 bits per heavy atom. The number of hydrogen-bond donors (Lipinski definition) is 4. The molecule has 0 amide bonds. The topological polar surface area (TPSA) is 124 Å². The monoisotopic (exact) mass is 654 g/mol. The van der Waals surface area contributed by atoms with E-state index in [2.05, 4.69) is 10.6 Å². The molecule has 4 N–H and O–H groups in total. The molecule has 5 rings (SSSR count). The highest BCUT2D eigenvalue weighted by atomic mass is 32.2. The van der Waals surface area contributed by atoms with E-state index in [9.17, 15) is 19.8 Å². The first-order valence-corrected chi connectivity index (χ1v) is 18.0. The van der Waals surface area contributed by atoms with E-state index in [1.54, 1.807) is 23.5 Å². The molecule has 0 unspecified atom stereocenters. The van der Waals surface area contributed by atoms with E-state index in [0.29, 0.717) is 25.9 Å². The second kappa shape index (κ2) is 16.0. The fourth-order valence-corrected chi connectivity index (χ4v) is 6.42. The summed E-state index contributed by atoms with van der Waals surface area (Å²) in [5.74, 6) is -0.166. The van der Waals surface area contributed by atoms with Crippen molar-refractivity contribution < 1.29 is 19.8 Å². The van der Waals surface area contributed by atoms with Crippen LogP contribution in [0.15, 0.2) is 84.9 Å². The minimum absolute atomic E-state index is 0.407. The average molecular weight is 655 g/mol. The molecule has 5 aromatic rings. The van der Waals surface area contributed by atoms with Crippen molar-refractivity contribution in [2.75, 3.05) is 24.0 Å². The zero-order valence-electron chi connectivity index (χ0n) is 25.9. The van der Waals surface area contributed by atoms with Crippen molar-refractivity contribution in [2.45, 2.75) is 38.0 Å². The second-order valence-corrected chi connectivity index (χ2v) is 13.0. The van der Waals surface area contributed by atoms with Gasteiger partial charge in [0.2, 0.25) is 0 Å². The Balaban J connectivity index is 1.48. The lowest BCUT2D eigenvalue weighted by Crippen LogP contribution is -2.36. The van der Waals surface area contributed by atoms with E-state index in [0.717, 1.165) is 67.0 Å². The molecule has 10 heteroatoms. The van der Waals surface area contributed by atoms with E-state index in [1.807, 2.05) is 97.4 Å². The largest absolute Gasteiger partial charge is 0.480 e. The number of fused-ring (bicyclic) bond motifs is 3. The number of rotatable bonds is 16. The zero-order valence-corrected chi connectivity index (χ0v) is 27.5. The molecule has 0 aliphatic carbocycles. The van der Waals surface area contributed by atoms with Crippen LogP contribution in [-0.4, -0.2) is 68.2 Å². The van der Waals surface area contributed by atoms with Crippen LogP contribution >= 0.6 is 23.5 Å². The molecule has 0 fully saturated rings. The SMILES string of the molecule is CSCC[C@H](NCc1ccccc1-c1ccc2ccc3ccc(-c4ccccc4CN[C@@H](CCSC)C(=O)O)nc3c2n1)C(=O)O. The van der Waals surface area contributed by atoms with Crippen molar-refractivity contribution in [3.8, 4) is 22.5 Å². The molecule has 238 valence electrons. The van der Waals surface area contributed by atoms with Gasteiger partial charge in [0.05, 0.1) is 22.4 Å². The highest BCUT2D eigenvalue weighted by Gasteiger charge is 2.19. The minimum Gasteiger partial charge on any atom is -0.480 e. The van der Waals surface area contributed by atoms with Crippen molar-refractivity contribution in [1.82, 2.24) is 20.6 Å². The fraction of sp³-hybridized carbons (Fsp3) is 0.278. The first kappa shape index (κ1) is 33.4. The summed E-state index contributed by atoms with van der Waals surface area (Å²) < 4.78 is 0. The highest BCUT2D eigenvalue weighted by molar-refractivity contribution is 7.98. The molecule has 2 heterocycles. The van der Waals surface area contributed by atoms with Crippen LogP contribution in [0, 0.1) is 0 Å². The van der Waals surface area contributed by atoms with Crippen LogP contribution in [0.5, 0.6) is 0 Å². The van der Waals surface area contributed by atoms with E-state index < -0.39 is 24.0 Å². The van der Waals surface area contributed by atoms with Crippen LogP contribution < -0.4 is 10.6 Å².